The molecule has 160 valence electrons. The van der Waals surface area contributed by atoms with Crippen molar-refractivity contribution in [2.45, 2.75) is 85.5 Å². The second kappa shape index (κ2) is 11.1. The van der Waals surface area contributed by atoms with Crippen LogP contribution in [-0.2, 0) is 32.1 Å². The van der Waals surface area contributed by atoms with E-state index in [9.17, 15) is 0 Å². The number of nitrogens with two attached hydrogens (primary N) is 2. The van der Waals surface area contributed by atoms with Crippen molar-refractivity contribution in [3.63, 3.8) is 0 Å². The second-order valence-corrected chi connectivity index (χ2v) is 8.73. The Kier molecular flexibility index (Phi) is 9.17. The number of anilines is 2. The van der Waals surface area contributed by atoms with Crippen molar-refractivity contribution < 1.29 is 0 Å². The predicted molar refractivity (Wildman–Crippen MR) is 131 cm³/mol. The average Bonchev–Trinajstić information content (AvgIpc) is 2.70. The molecule has 0 radical (unpaired) electrons. The molecule has 0 bridgehead atoms. The highest BCUT2D eigenvalue weighted by Crippen LogP contribution is 2.37. The number of hydrogen-bond acceptors (Lipinski definition) is 2. The maximum Gasteiger partial charge on any atom is 0.0673 e. The zero-order valence-electron chi connectivity index (χ0n) is 18.4. The highest BCUT2D eigenvalue weighted by atomic mass is 35.5. The molecule has 2 aromatic carbocycles. The van der Waals surface area contributed by atoms with Gasteiger partial charge in [-0.25, -0.2) is 0 Å². The van der Waals surface area contributed by atoms with Crippen LogP contribution in [-0.4, -0.2) is 0 Å². The lowest BCUT2D eigenvalue weighted by molar-refractivity contribution is 0.856. The maximum atomic E-state index is 6.72. The lowest BCUT2D eigenvalue weighted by Crippen LogP contribution is -2.08. The summed E-state index contributed by atoms with van der Waals surface area (Å²) in [5, 5.41) is 1.43. The third-order valence-corrected chi connectivity index (χ3v) is 6.45. The van der Waals surface area contributed by atoms with E-state index >= 15 is 0 Å². The summed E-state index contributed by atoms with van der Waals surface area (Å²) < 4.78 is 0. The fourth-order valence-electron chi connectivity index (χ4n) is 4.16. The molecule has 0 aliphatic rings. The van der Waals surface area contributed by atoms with Gasteiger partial charge in [0.1, 0.15) is 0 Å². The Morgan fingerprint density at radius 3 is 1.24 bits per heavy atom. The van der Waals surface area contributed by atoms with Gasteiger partial charge in [-0.1, -0.05) is 88.7 Å². The van der Waals surface area contributed by atoms with Gasteiger partial charge in [0.2, 0.25) is 0 Å². The molecular formula is C25H36Cl2N2. The minimum Gasteiger partial charge on any atom is -0.397 e. The molecule has 4 heteroatoms. The first-order chi connectivity index (χ1) is 13.9. The van der Waals surface area contributed by atoms with E-state index < -0.39 is 0 Å². The largest absolute Gasteiger partial charge is 0.397 e. The van der Waals surface area contributed by atoms with E-state index in [-0.39, 0.29) is 0 Å². The summed E-state index contributed by atoms with van der Waals surface area (Å²) in [5.41, 5.74) is 21.4. The molecule has 0 unspecified atom stereocenters. The number of benzene rings is 2. The Morgan fingerprint density at radius 1 is 0.586 bits per heavy atom. The SMILES string of the molecule is CCCc1cc(Cc2cc(CCC)c(CCC)c(Cl)c2N)c(N)c(Cl)c1CCC. The Morgan fingerprint density at radius 2 is 0.931 bits per heavy atom. The van der Waals surface area contributed by atoms with Crippen molar-refractivity contribution in [3.05, 3.63) is 55.6 Å². The number of halogens is 2. The van der Waals surface area contributed by atoms with E-state index in [1.165, 1.54) is 22.3 Å². The molecule has 0 saturated heterocycles. The van der Waals surface area contributed by atoms with Crippen LogP contribution in [0.2, 0.25) is 10.0 Å². The monoisotopic (exact) mass is 434 g/mol. The maximum absolute atomic E-state index is 6.72. The molecule has 0 heterocycles. The summed E-state index contributed by atoms with van der Waals surface area (Å²) >= 11 is 13.4. The molecule has 0 atom stereocenters. The normalized spacial score (nSPS) is 11.2. The fourth-order valence-corrected chi connectivity index (χ4v) is 4.84. The summed E-state index contributed by atoms with van der Waals surface area (Å²) in [6.07, 6.45) is 8.85. The lowest BCUT2D eigenvalue weighted by Gasteiger charge is -2.20. The summed E-state index contributed by atoms with van der Waals surface area (Å²) in [7, 11) is 0. The first-order valence-corrected chi connectivity index (χ1v) is 11.8. The molecule has 2 nitrogen and oxygen atoms in total. The quantitative estimate of drug-likeness (QED) is 0.378. The van der Waals surface area contributed by atoms with Crippen LogP contribution in [0.3, 0.4) is 0 Å². The third-order valence-electron chi connectivity index (χ3n) is 5.59. The van der Waals surface area contributed by atoms with Crippen LogP contribution >= 0.6 is 23.2 Å². The van der Waals surface area contributed by atoms with Crippen LogP contribution in [0.4, 0.5) is 11.4 Å². The molecule has 2 aromatic rings. The van der Waals surface area contributed by atoms with Crippen molar-refractivity contribution in [1.29, 1.82) is 0 Å². The van der Waals surface area contributed by atoms with E-state index in [0.717, 1.165) is 62.5 Å². The molecule has 0 fully saturated rings. The number of aryl methyl sites for hydroxylation is 2. The van der Waals surface area contributed by atoms with Gasteiger partial charge < -0.3 is 11.5 Å². The fraction of sp³-hybridized carbons (Fsp3) is 0.520. The van der Waals surface area contributed by atoms with Crippen molar-refractivity contribution in [3.8, 4) is 0 Å². The van der Waals surface area contributed by atoms with E-state index in [2.05, 4.69) is 39.8 Å². The molecule has 0 aliphatic carbocycles. The Balaban J connectivity index is 2.55. The molecule has 0 aliphatic heterocycles. The van der Waals surface area contributed by atoms with Gasteiger partial charge in [0, 0.05) is 6.42 Å². The van der Waals surface area contributed by atoms with Gasteiger partial charge in [0.25, 0.3) is 0 Å². The van der Waals surface area contributed by atoms with Crippen LogP contribution in [0.5, 0.6) is 0 Å². The topological polar surface area (TPSA) is 52.0 Å². The average molecular weight is 435 g/mol. The van der Waals surface area contributed by atoms with Gasteiger partial charge in [0.05, 0.1) is 21.4 Å². The summed E-state index contributed by atoms with van der Waals surface area (Å²) in [4.78, 5) is 0. The molecule has 29 heavy (non-hydrogen) atoms. The summed E-state index contributed by atoms with van der Waals surface area (Å²) in [6, 6.07) is 4.48. The van der Waals surface area contributed by atoms with Crippen molar-refractivity contribution >= 4 is 34.6 Å². The number of rotatable bonds is 10. The van der Waals surface area contributed by atoms with Gasteiger partial charge in [-0.2, -0.15) is 0 Å². The van der Waals surface area contributed by atoms with Crippen molar-refractivity contribution in [1.82, 2.24) is 0 Å². The summed E-state index contributed by atoms with van der Waals surface area (Å²) in [5.74, 6) is 0. The van der Waals surface area contributed by atoms with Gasteiger partial charge in [-0.05, 0) is 59.1 Å². The van der Waals surface area contributed by atoms with Crippen molar-refractivity contribution in [2.75, 3.05) is 11.5 Å². The Labute approximate surface area is 187 Å². The smallest absolute Gasteiger partial charge is 0.0673 e. The van der Waals surface area contributed by atoms with E-state index in [1.54, 1.807) is 0 Å². The highest BCUT2D eigenvalue weighted by Gasteiger charge is 2.18. The van der Waals surface area contributed by atoms with Crippen molar-refractivity contribution in [2.24, 2.45) is 0 Å². The van der Waals surface area contributed by atoms with Gasteiger partial charge in [-0.15, -0.1) is 0 Å². The predicted octanol–water partition coefficient (Wildman–Crippen LogP) is 7.56. The standard InChI is InChI=1S/C25H36Cl2N2/c1-5-9-16-13-18(24(28)22(26)20(16)11-7-3)15-19-14-17(10-6-2)21(12-8-4)23(27)25(19)29/h13-14H,5-12,15,28-29H2,1-4H3. The van der Waals surface area contributed by atoms with Gasteiger partial charge in [-0.3, -0.25) is 0 Å². The van der Waals surface area contributed by atoms with E-state index in [0.29, 0.717) is 27.8 Å². The molecule has 4 N–H and O–H groups in total. The van der Waals surface area contributed by atoms with Crippen LogP contribution in [0.1, 0.15) is 86.8 Å². The first kappa shape index (κ1) is 23.9. The molecule has 2 rings (SSSR count). The zero-order valence-corrected chi connectivity index (χ0v) is 19.9. The van der Waals surface area contributed by atoms with Crippen LogP contribution in [0.15, 0.2) is 12.1 Å². The Bertz CT molecular complexity index is 774. The zero-order chi connectivity index (χ0) is 21.6. The molecule has 0 spiro atoms. The van der Waals surface area contributed by atoms with E-state index in [1.807, 2.05) is 0 Å². The number of hydrogen-bond donors (Lipinski definition) is 2. The molecule has 0 amide bonds. The van der Waals surface area contributed by atoms with Gasteiger partial charge >= 0.3 is 0 Å². The number of nitrogen functional groups attached to an aromatic ring is 2. The third kappa shape index (κ3) is 5.41. The first-order valence-electron chi connectivity index (χ1n) is 11.1. The molecule has 0 aromatic heterocycles. The minimum atomic E-state index is 0.656. The van der Waals surface area contributed by atoms with Crippen LogP contribution in [0, 0.1) is 0 Å². The Hall–Kier alpha value is -1.38. The van der Waals surface area contributed by atoms with E-state index in [4.69, 9.17) is 34.7 Å². The summed E-state index contributed by atoms with van der Waals surface area (Å²) in [6.45, 7) is 8.74. The lowest BCUT2D eigenvalue weighted by atomic mass is 9.90. The molecule has 0 saturated carbocycles. The van der Waals surface area contributed by atoms with Crippen LogP contribution in [0.25, 0.3) is 0 Å². The highest BCUT2D eigenvalue weighted by molar-refractivity contribution is 6.34. The minimum absolute atomic E-state index is 0.656. The van der Waals surface area contributed by atoms with Gasteiger partial charge in [0.15, 0.2) is 0 Å². The molecular weight excluding hydrogens is 399 g/mol. The second-order valence-electron chi connectivity index (χ2n) is 7.98. The van der Waals surface area contributed by atoms with Crippen LogP contribution < -0.4 is 11.5 Å².